The van der Waals surface area contributed by atoms with Gasteiger partial charge < -0.3 is 14.7 Å². The molecule has 1 spiro atoms. The van der Waals surface area contributed by atoms with Crippen molar-refractivity contribution in [3.8, 4) is 0 Å². The molecule has 2 heterocycles. The molecule has 1 aromatic carbocycles. The average molecular weight is 356 g/mol. The number of hydrogen-bond donors (Lipinski definition) is 1. The normalized spacial score (nSPS) is 26.6. The smallest absolute Gasteiger partial charge is 0.253 e. The van der Waals surface area contributed by atoms with E-state index in [1.807, 2.05) is 6.92 Å². The van der Waals surface area contributed by atoms with Crippen LogP contribution in [-0.4, -0.2) is 46.8 Å². The van der Waals surface area contributed by atoms with Crippen molar-refractivity contribution < 1.29 is 19.0 Å². The first-order valence-corrected chi connectivity index (χ1v) is 8.85. The Bertz CT molecular complexity index is 631. The first kappa shape index (κ1) is 17.6. The zero-order chi connectivity index (χ0) is 17.4. The van der Waals surface area contributed by atoms with Crippen LogP contribution >= 0.6 is 11.6 Å². The van der Waals surface area contributed by atoms with Gasteiger partial charge in [-0.05, 0) is 43.9 Å². The predicted molar refractivity (Wildman–Crippen MR) is 89.7 cm³/mol. The maximum absolute atomic E-state index is 13.3. The van der Waals surface area contributed by atoms with E-state index in [4.69, 9.17) is 16.3 Å². The van der Waals surface area contributed by atoms with Gasteiger partial charge in [0, 0.05) is 25.1 Å². The van der Waals surface area contributed by atoms with Crippen LogP contribution in [0.15, 0.2) is 18.2 Å². The maximum atomic E-state index is 13.3. The molecular weight excluding hydrogens is 333 g/mol. The van der Waals surface area contributed by atoms with Gasteiger partial charge in [-0.15, -0.1) is 0 Å². The van der Waals surface area contributed by atoms with Crippen LogP contribution in [0.3, 0.4) is 0 Å². The second-order valence-corrected chi connectivity index (χ2v) is 7.36. The van der Waals surface area contributed by atoms with E-state index in [1.54, 1.807) is 4.90 Å². The van der Waals surface area contributed by atoms with Crippen LogP contribution in [-0.2, 0) is 4.74 Å². The van der Waals surface area contributed by atoms with Crippen molar-refractivity contribution in [2.24, 2.45) is 0 Å². The van der Waals surface area contributed by atoms with Crippen molar-refractivity contribution in [1.29, 1.82) is 0 Å². The van der Waals surface area contributed by atoms with E-state index in [2.05, 4.69) is 0 Å². The highest BCUT2D eigenvalue weighted by Gasteiger charge is 2.46. The van der Waals surface area contributed by atoms with E-state index in [0.717, 1.165) is 6.42 Å². The Labute approximate surface area is 146 Å². The molecule has 0 aromatic heterocycles. The second-order valence-electron chi connectivity index (χ2n) is 6.96. The van der Waals surface area contributed by atoms with E-state index in [1.165, 1.54) is 18.2 Å². The van der Waals surface area contributed by atoms with Gasteiger partial charge in [-0.25, -0.2) is 4.39 Å². The lowest BCUT2D eigenvalue weighted by atomic mass is 9.76. The summed E-state index contributed by atoms with van der Waals surface area (Å²) in [6.07, 6.45) is 3.42. The summed E-state index contributed by atoms with van der Waals surface area (Å²) in [6.45, 7) is 3.68. The molecule has 1 aromatic rings. The number of carbonyl (C=O) groups is 1. The van der Waals surface area contributed by atoms with Gasteiger partial charge in [-0.2, -0.15) is 0 Å². The summed E-state index contributed by atoms with van der Waals surface area (Å²) >= 11 is 5.77. The molecule has 24 heavy (non-hydrogen) atoms. The second kappa shape index (κ2) is 6.62. The lowest BCUT2D eigenvalue weighted by molar-refractivity contribution is -0.176. The number of benzene rings is 1. The Kier molecular flexibility index (Phi) is 4.87. The lowest BCUT2D eigenvalue weighted by Gasteiger charge is -2.49. The van der Waals surface area contributed by atoms with Gasteiger partial charge in [0.1, 0.15) is 5.82 Å². The van der Waals surface area contributed by atoms with Crippen molar-refractivity contribution >= 4 is 17.5 Å². The third kappa shape index (κ3) is 3.44. The van der Waals surface area contributed by atoms with E-state index < -0.39 is 11.4 Å². The van der Waals surface area contributed by atoms with Crippen LogP contribution in [0.5, 0.6) is 0 Å². The molecular formula is C18H23ClFNO3. The number of aliphatic hydroxyl groups is 1. The molecule has 4 nitrogen and oxygen atoms in total. The van der Waals surface area contributed by atoms with Crippen LogP contribution < -0.4 is 0 Å². The summed E-state index contributed by atoms with van der Waals surface area (Å²) < 4.78 is 19.3. The minimum absolute atomic E-state index is 0.0436. The topological polar surface area (TPSA) is 49.8 Å². The van der Waals surface area contributed by atoms with Crippen molar-refractivity contribution in [2.75, 3.05) is 19.7 Å². The molecule has 2 aliphatic heterocycles. The zero-order valence-corrected chi connectivity index (χ0v) is 14.6. The lowest BCUT2D eigenvalue weighted by Crippen LogP contribution is -2.55. The van der Waals surface area contributed by atoms with Crippen molar-refractivity contribution in [3.05, 3.63) is 34.6 Å². The minimum atomic E-state index is -0.658. The van der Waals surface area contributed by atoms with Crippen LogP contribution in [0.25, 0.3) is 0 Å². The highest BCUT2D eigenvalue weighted by Crippen LogP contribution is 2.41. The van der Waals surface area contributed by atoms with Gasteiger partial charge in [-0.3, -0.25) is 4.79 Å². The van der Waals surface area contributed by atoms with Crippen LogP contribution in [0, 0.1) is 5.82 Å². The fourth-order valence-corrected chi connectivity index (χ4v) is 3.93. The molecule has 0 bridgehead atoms. The number of nitrogens with zero attached hydrogens (tertiary/aromatic N) is 1. The standard InChI is InChI=1S/C18H23ClFNO3/c1-2-17(23)7-10-24-18(12-17)5-8-21(9-6-18)16(22)13-3-4-15(20)14(19)11-13/h3-4,11,23H,2,5-10,12H2,1H3. The molecule has 1 amide bonds. The van der Waals surface area contributed by atoms with Crippen molar-refractivity contribution in [1.82, 2.24) is 4.90 Å². The number of carbonyl (C=O) groups excluding carboxylic acids is 1. The van der Waals surface area contributed by atoms with Gasteiger partial charge >= 0.3 is 0 Å². The van der Waals surface area contributed by atoms with Gasteiger partial charge in [0.25, 0.3) is 5.91 Å². The fourth-order valence-electron chi connectivity index (χ4n) is 3.75. The Balaban J connectivity index is 1.66. The number of ether oxygens (including phenoxy) is 1. The molecule has 0 aliphatic carbocycles. The molecule has 2 fully saturated rings. The summed E-state index contributed by atoms with van der Waals surface area (Å²) in [4.78, 5) is 14.3. The maximum Gasteiger partial charge on any atom is 0.253 e. The molecule has 1 unspecified atom stereocenters. The zero-order valence-electron chi connectivity index (χ0n) is 13.9. The summed E-state index contributed by atoms with van der Waals surface area (Å²) in [5.74, 6) is -0.673. The molecule has 2 aliphatic rings. The van der Waals surface area contributed by atoms with E-state index in [9.17, 15) is 14.3 Å². The summed E-state index contributed by atoms with van der Waals surface area (Å²) in [6, 6.07) is 4.05. The Morgan fingerprint density at radius 3 is 2.71 bits per heavy atom. The summed E-state index contributed by atoms with van der Waals surface area (Å²) in [5.41, 5.74) is -0.596. The quantitative estimate of drug-likeness (QED) is 0.884. The SMILES string of the molecule is CCC1(O)CCOC2(CCN(C(=O)c3ccc(F)c(Cl)c3)CC2)C1. The monoisotopic (exact) mass is 355 g/mol. The molecule has 0 saturated carbocycles. The fraction of sp³-hybridized carbons (Fsp3) is 0.611. The number of likely N-dealkylation sites (tertiary alicyclic amines) is 1. The molecule has 3 rings (SSSR count). The average Bonchev–Trinajstić information content (AvgIpc) is 2.57. The predicted octanol–water partition coefficient (Wildman–Crippen LogP) is 3.41. The third-order valence-electron chi connectivity index (χ3n) is 5.41. The number of halogens is 2. The Morgan fingerprint density at radius 2 is 2.08 bits per heavy atom. The van der Waals surface area contributed by atoms with Crippen molar-refractivity contribution in [2.45, 2.75) is 50.2 Å². The van der Waals surface area contributed by atoms with E-state index in [0.29, 0.717) is 50.9 Å². The Hall–Kier alpha value is -1.17. The molecule has 1 N–H and O–H groups in total. The summed E-state index contributed by atoms with van der Waals surface area (Å²) in [5, 5.41) is 10.6. The van der Waals surface area contributed by atoms with E-state index >= 15 is 0 Å². The third-order valence-corrected chi connectivity index (χ3v) is 5.70. The molecule has 2 saturated heterocycles. The molecule has 0 radical (unpaired) electrons. The van der Waals surface area contributed by atoms with Gasteiger partial charge in [0.05, 0.1) is 22.8 Å². The van der Waals surface area contributed by atoms with Gasteiger partial charge in [0.2, 0.25) is 0 Å². The number of amides is 1. The number of hydrogen-bond acceptors (Lipinski definition) is 3. The van der Waals surface area contributed by atoms with E-state index in [-0.39, 0.29) is 16.5 Å². The summed E-state index contributed by atoms with van der Waals surface area (Å²) in [7, 11) is 0. The molecule has 132 valence electrons. The molecule has 1 atom stereocenters. The van der Waals surface area contributed by atoms with Gasteiger partial charge in [-0.1, -0.05) is 18.5 Å². The van der Waals surface area contributed by atoms with Crippen LogP contribution in [0.2, 0.25) is 5.02 Å². The first-order valence-electron chi connectivity index (χ1n) is 8.47. The van der Waals surface area contributed by atoms with Crippen LogP contribution in [0.4, 0.5) is 4.39 Å². The largest absolute Gasteiger partial charge is 0.390 e. The highest BCUT2D eigenvalue weighted by molar-refractivity contribution is 6.31. The van der Waals surface area contributed by atoms with Crippen LogP contribution in [0.1, 0.15) is 49.4 Å². The molecule has 6 heteroatoms. The van der Waals surface area contributed by atoms with Gasteiger partial charge in [0.15, 0.2) is 0 Å². The number of rotatable bonds is 2. The Morgan fingerprint density at radius 1 is 1.38 bits per heavy atom. The van der Waals surface area contributed by atoms with Crippen molar-refractivity contribution in [3.63, 3.8) is 0 Å². The first-order chi connectivity index (χ1) is 11.4. The number of piperidine rings is 1. The minimum Gasteiger partial charge on any atom is -0.390 e. The highest BCUT2D eigenvalue weighted by atomic mass is 35.5.